The summed E-state index contributed by atoms with van der Waals surface area (Å²) >= 11 is 0. The van der Waals surface area contributed by atoms with Crippen LogP contribution in [-0.2, 0) is 15.4 Å². The van der Waals surface area contributed by atoms with Crippen LogP contribution in [0, 0.1) is 11.3 Å². The first-order valence-corrected chi connectivity index (χ1v) is 8.15. The Labute approximate surface area is 122 Å². The molecule has 0 unspecified atom stereocenters. The highest BCUT2D eigenvalue weighted by Crippen LogP contribution is 2.24. The summed E-state index contributed by atoms with van der Waals surface area (Å²) in [5.41, 5.74) is 1.09. The molecule has 0 bridgehead atoms. The molecule has 0 amide bonds. The summed E-state index contributed by atoms with van der Waals surface area (Å²) in [7, 11) is -3.50. The van der Waals surface area contributed by atoms with Gasteiger partial charge in [-0.2, -0.15) is 9.57 Å². The van der Waals surface area contributed by atoms with Crippen LogP contribution in [0.15, 0.2) is 29.2 Å². The van der Waals surface area contributed by atoms with Gasteiger partial charge in [-0.1, -0.05) is 39.8 Å². The highest BCUT2D eigenvalue weighted by molar-refractivity contribution is 7.89. The van der Waals surface area contributed by atoms with E-state index in [0.717, 1.165) is 5.56 Å². The van der Waals surface area contributed by atoms with Crippen LogP contribution in [0.2, 0.25) is 0 Å². The van der Waals surface area contributed by atoms with Gasteiger partial charge in [0, 0.05) is 19.5 Å². The van der Waals surface area contributed by atoms with E-state index in [0.29, 0.717) is 6.54 Å². The first kappa shape index (κ1) is 16.7. The van der Waals surface area contributed by atoms with Crippen molar-refractivity contribution in [2.45, 2.75) is 44.4 Å². The molecule has 1 rings (SSSR count). The van der Waals surface area contributed by atoms with E-state index in [4.69, 9.17) is 5.26 Å². The van der Waals surface area contributed by atoms with Gasteiger partial charge in [0.1, 0.15) is 0 Å². The van der Waals surface area contributed by atoms with Crippen molar-refractivity contribution in [3.05, 3.63) is 29.8 Å². The number of nitriles is 1. The lowest BCUT2D eigenvalue weighted by Crippen LogP contribution is -2.31. The summed E-state index contributed by atoms with van der Waals surface area (Å²) in [6.45, 7) is 8.63. The molecule has 1 aromatic carbocycles. The molecule has 0 heterocycles. The summed E-state index contributed by atoms with van der Waals surface area (Å²) in [6, 6.07) is 8.97. The Kier molecular flexibility index (Phi) is 5.32. The van der Waals surface area contributed by atoms with E-state index in [9.17, 15) is 8.42 Å². The van der Waals surface area contributed by atoms with Crippen molar-refractivity contribution in [3.8, 4) is 6.07 Å². The predicted octanol–water partition coefficient (Wildman–Crippen LogP) is 2.91. The van der Waals surface area contributed by atoms with Crippen molar-refractivity contribution in [2.75, 3.05) is 13.1 Å². The molecule has 5 heteroatoms. The van der Waals surface area contributed by atoms with Crippen LogP contribution in [0.1, 0.15) is 39.7 Å². The number of nitrogens with zero attached hydrogens (tertiary/aromatic N) is 2. The number of rotatable bonds is 5. The van der Waals surface area contributed by atoms with Gasteiger partial charge in [0.15, 0.2) is 0 Å². The fourth-order valence-corrected chi connectivity index (χ4v) is 3.35. The fraction of sp³-hybridized carbons (Fsp3) is 0.533. The summed E-state index contributed by atoms with van der Waals surface area (Å²) in [6.07, 6.45) is 0.202. The van der Waals surface area contributed by atoms with Gasteiger partial charge in [-0.05, 0) is 23.1 Å². The second-order valence-electron chi connectivity index (χ2n) is 5.68. The predicted molar refractivity (Wildman–Crippen MR) is 79.8 cm³/mol. The van der Waals surface area contributed by atoms with Crippen LogP contribution >= 0.6 is 0 Å². The Morgan fingerprint density at radius 2 is 1.75 bits per heavy atom. The van der Waals surface area contributed by atoms with Gasteiger partial charge in [-0.3, -0.25) is 0 Å². The van der Waals surface area contributed by atoms with E-state index in [1.165, 1.54) is 4.31 Å². The van der Waals surface area contributed by atoms with Gasteiger partial charge < -0.3 is 0 Å². The zero-order valence-electron chi connectivity index (χ0n) is 12.5. The molecule has 0 aromatic heterocycles. The van der Waals surface area contributed by atoms with Crippen LogP contribution in [0.5, 0.6) is 0 Å². The Balaban J connectivity index is 3.07. The average Bonchev–Trinajstić information content (AvgIpc) is 2.38. The maximum Gasteiger partial charge on any atom is 0.243 e. The molecule has 0 aliphatic carbocycles. The van der Waals surface area contributed by atoms with E-state index in [2.05, 4.69) is 20.8 Å². The van der Waals surface area contributed by atoms with Crippen LogP contribution in [0.25, 0.3) is 0 Å². The average molecular weight is 294 g/mol. The standard InChI is InChI=1S/C15H22N2O2S/c1-5-17(12-6-11-16)20(18,19)14-9-7-13(8-10-14)15(2,3)4/h7-10H,5-6,12H2,1-4H3. The number of hydrogen-bond donors (Lipinski definition) is 0. The Morgan fingerprint density at radius 3 is 2.15 bits per heavy atom. The highest BCUT2D eigenvalue weighted by Gasteiger charge is 2.23. The first-order valence-electron chi connectivity index (χ1n) is 6.71. The van der Waals surface area contributed by atoms with E-state index in [1.807, 2.05) is 18.2 Å². The molecule has 0 fully saturated rings. The van der Waals surface area contributed by atoms with Gasteiger partial charge in [0.25, 0.3) is 0 Å². The third-order valence-corrected chi connectivity index (χ3v) is 5.17. The lowest BCUT2D eigenvalue weighted by molar-refractivity contribution is 0.435. The minimum atomic E-state index is -3.50. The molecule has 4 nitrogen and oxygen atoms in total. The smallest absolute Gasteiger partial charge is 0.207 e. The molecule has 0 saturated heterocycles. The van der Waals surface area contributed by atoms with Gasteiger partial charge in [0.05, 0.1) is 11.0 Å². The lowest BCUT2D eigenvalue weighted by atomic mass is 9.87. The van der Waals surface area contributed by atoms with E-state index < -0.39 is 10.0 Å². The molecule has 20 heavy (non-hydrogen) atoms. The van der Waals surface area contributed by atoms with E-state index in [1.54, 1.807) is 19.1 Å². The summed E-state index contributed by atoms with van der Waals surface area (Å²) in [4.78, 5) is 0.283. The first-order chi connectivity index (χ1) is 9.23. The third-order valence-electron chi connectivity index (χ3n) is 3.18. The van der Waals surface area contributed by atoms with Gasteiger partial charge in [0.2, 0.25) is 10.0 Å². The molecular formula is C15H22N2O2S. The Morgan fingerprint density at radius 1 is 1.20 bits per heavy atom. The molecule has 0 radical (unpaired) electrons. The molecular weight excluding hydrogens is 272 g/mol. The van der Waals surface area contributed by atoms with Gasteiger partial charge in [-0.25, -0.2) is 8.42 Å². The summed E-state index contributed by atoms with van der Waals surface area (Å²) in [5, 5.41) is 8.60. The van der Waals surface area contributed by atoms with Crippen LogP contribution < -0.4 is 0 Å². The molecule has 0 aliphatic rings. The molecule has 0 atom stereocenters. The summed E-state index contributed by atoms with van der Waals surface area (Å²) < 4.78 is 26.2. The minimum Gasteiger partial charge on any atom is -0.207 e. The largest absolute Gasteiger partial charge is 0.243 e. The van der Waals surface area contributed by atoms with Crippen molar-refractivity contribution in [2.24, 2.45) is 0 Å². The van der Waals surface area contributed by atoms with Crippen LogP contribution in [0.3, 0.4) is 0 Å². The molecule has 110 valence electrons. The normalized spacial score (nSPS) is 12.4. The third kappa shape index (κ3) is 3.81. The second-order valence-corrected chi connectivity index (χ2v) is 7.62. The number of hydrogen-bond acceptors (Lipinski definition) is 3. The molecule has 0 saturated carbocycles. The molecule has 1 aromatic rings. The zero-order valence-corrected chi connectivity index (χ0v) is 13.4. The topological polar surface area (TPSA) is 61.2 Å². The second kappa shape index (κ2) is 6.38. The maximum atomic E-state index is 12.4. The maximum absolute atomic E-state index is 12.4. The molecule has 0 spiro atoms. The van der Waals surface area contributed by atoms with Crippen molar-refractivity contribution < 1.29 is 8.42 Å². The molecule has 0 aliphatic heterocycles. The van der Waals surface area contributed by atoms with Crippen molar-refractivity contribution in [1.82, 2.24) is 4.31 Å². The fourth-order valence-electron chi connectivity index (χ4n) is 1.90. The lowest BCUT2D eigenvalue weighted by Gasteiger charge is -2.21. The Bertz CT molecular complexity index is 578. The quantitative estimate of drug-likeness (QED) is 0.839. The van der Waals surface area contributed by atoms with E-state index >= 15 is 0 Å². The number of sulfonamides is 1. The van der Waals surface area contributed by atoms with Crippen LogP contribution in [-0.4, -0.2) is 25.8 Å². The van der Waals surface area contributed by atoms with E-state index in [-0.39, 0.29) is 23.3 Å². The Hall–Kier alpha value is -1.38. The number of benzene rings is 1. The van der Waals surface area contributed by atoms with Crippen molar-refractivity contribution in [1.29, 1.82) is 5.26 Å². The molecule has 0 N–H and O–H groups in total. The van der Waals surface area contributed by atoms with Gasteiger partial charge >= 0.3 is 0 Å². The summed E-state index contributed by atoms with van der Waals surface area (Å²) in [5.74, 6) is 0. The van der Waals surface area contributed by atoms with Crippen molar-refractivity contribution >= 4 is 10.0 Å². The van der Waals surface area contributed by atoms with Crippen molar-refractivity contribution in [3.63, 3.8) is 0 Å². The highest BCUT2D eigenvalue weighted by atomic mass is 32.2. The van der Waals surface area contributed by atoms with Crippen LogP contribution in [0.4, 0.5) is 0 Å². The zero-order chi connectivity index (χ0) is 15.4. The van der Waals surface area contributed by atoms with Gasteiger partial charge in [-0.15, -0.1) is 0 Å². The minimum absolute atomic E-state index is 0.00641. The monoisotopic (exact) mass is 294 g/mol. The SMILES string of the molecule is CCN(CCC#N)S(=O)(=O)c1ccc(C(C)(C)C)cc1.